The van der Waals surface area contributed by atoms with Crippen LogP contribution in [0.25, 0.3) is 0 Å². The second kappa shape index (κ2) is 4.35. The third kappa shape index (κ3) is 2.59. The Labute approximate surface area is 71.3 Å². The van der Waals surface area contributed by atoms with Crippen LogP contribution in [0.2, 0.25) is 0 Å². The highest BCUT2D eigenvalue weighted by Crippen LogP contribution is 2.29. The molecule has 2 heteroatoms. The predicted octanol–water partition coefficient (Wildman–Crippen LogP) is 2.73. The number of halogens is 1. The molecule has 1 rings (SSSR count). The number of rotatable bonds is 5. The summed E-state index contributed by atoms with van der Waals surface area (Å²) in [7, 11) is 0. The smallest absolute Gasteiger partial charge is 0.0841 e. The summed E-state index contributed by atoms with van der Waals surface area (Å²) in [5.74, 6) is 0. The topological polar surface area (TPSA) is 12.5 Å². The molecule has 0 aromatic rings. The van der Waals surface area contributed by atoms with Crippen LogP contribution in [0.3, 0.4) is 0 Å². The van der Waals surface area contributed by atoms with Gasteiger partial charge >= 0.3 is 0 Å². The lowest BCUT2D eigenvalue weighted by Crippen LogP contribution is -1.91. The van der Waals surface area contributed by atoms with Gasteiger partial charge in [-0.05, 0) is 25.7 Å². The fourth-order valence-corrected chi connectivity index (χ4v) is 1.63. The van der Waals surface area contributed by atoms with Crippen molar-refractivity contribution in [1.29, 1.82) is 0 Å². The van der Waals surface area contributed by atoms with E-state index >= 15 is 0 Å². The average molecular weight is 207 g/mol. The minimum atomic E-state index is 0.607. The van der Waals surface area contributed by atoms with Gasteiger partial charge in [0.2, 0.25) is 0 Å². The predicted molar refractivity (Wildman–Crippen MR) is 46.6 cm³/mol. The van der Waals surface area contributed by atoms with Crippen molar-refractivity contribution in [3.05, 3.63) is 0 Å². The van der Waals surface area contributed by atoms with Crippen molar-refractivity contribution in [3.8, 4) is 0 Å². The van der Waals surface area contributed by atoms with Crippen molar-refractivity contribution in [1.82, 2.24) is 0 Å². The molecule has 1 saturated heterocycles. The first-order valence-electron chi connectivity index (χ1n) is 4.10. The van der Waals surface area contributed by atoms with Gasteiger partial charge in [0.15, 0.2) is 0 Å². The molecule has 0 amide bonds. The molecule has 0 spiro atoms. The molecule has 10 heavy (non-hydrogen) atoms. The summed E-state index contributed by atoms with van der Waals surface area (Å²) < 4.78 is 5.40. The summed E-state index contributed by atoms with van der Waals surface area (Å²) in [5, 5.41) is 1.14. The molecule has 0 aromatic carbocycles. The summed E-state index contributed by atoms with van der Waals surface area (Å²) >= 11 is 3.41. The average Bonchev–Trinajstić information content (AvgIpc) is 2.68. The highest BCUT2D eigenvalue weighted by Gasteiger charge is 2.35. The maximum absolute atomic E-state index is 5.40. The van der Waals surface area contributed by atoms with Crippen LogP contribution in [-0.2, 0) is 4.74 Å². The lowest BCUT2D eigenvalue weighted by molar-refractivity contribution is 0.357. The molecule has 1 fully saturated rings. The first-order chi connectivity index (χ1) is 4.88. The Balaban J connectivity index is 1.87. The molecule has 0 aliphatic carbocycles. The van der Waals surface area contributed by atoms with Crippen molar-refractivity contribution >= 4 is 15.9 Å². The summed E-state index contributed by atoms with van der Waals surface area (Å²) in [6, 6.07) is 0. The van der Waals surface area contributed by atoms with Crippen molar-refractivity contribution in [2.24, 2.45) is 0 Å². The number of alkyl halides is 1. The molecule has 2 atom stereocenters. The Morgan fingerprint density at radius 2 is 2.10 bits per heavy atom. The Morgan fingerprint density at radius 3 is 2.60 bits per heavy atom. The maximum Gasteiger partial charge on any atom is 0.0841 e. The Bertz CT molecular complexity index is 95.3. The second-order valence-corrected chi connectivity index (χ2v) is 3.60. The zero-order valence-corrected chi connectivity index (χ0v) is 8.06. The zero-order chi connectivity index (χ0) is 7.40. The van der Waals surface area contributed by atoms with Crippen LogP contribution in [0.5, 0.6) is 0 Å². The van der Waals surface area contributed by atoms with E-state index in [1.165, 1.54) is 25.7 Å². The van der Waals surface area contributed by atoms with E-state index in [-0.39, 0.29) is 0 Å². The third-order valence-corrected chi connectivity index (χ3v) is 2.52. The maximum atomic E-state index is 5.40. The Hall–Kier alpha value is 0.440. The minimum Gasteiger partial charge on any atom is -0.370 e. The summed E-state index contributed by atoms with van der Waals surface area (Å²) in [5.41, 5.74) is 0. The molecule has 0 saturated carbocycles. The van der Waals surface area contributed by atoms with Crippen LogP contribution in [0.1, 0.15) is 32.6 Å². The van der Waals surface area contributed by atoms with E-state index in [1.807, 2.05) is 0 Å². The molecule has 1 aliphatic rings. The summed E-state index contributed by atoms with van der Waals surface area (Å²) in [6.07, 6.45) is 6.28. The van der Waals surface area contributed by atoms with Crippen LogP contribution in [0.4, 0.5) is 0 Å². The standard InChI is InChI=1S/C8H15BrO/c1-2-7-8(10-7)5-3-4-6-9/h7-8H,2-6H2,1H3/t7?,8-/m0/s1. The number of hydrogen-bond acceptors (Lipinski definition) is 1. The zero-order valence-electron chi connectivity index (χ0n) is 6.48. The van der Waals surface area contributed by atoms with Crippen LogP contribution < -0.4 is 0 Å². The number of hydrogen-bond donors (Lipinski definition) is 0. The van der Waals surface area contributed by atoms with Crippen molar-refractivity contribution in [2.75, 3.05) is 5.33 Å². The molecular weight excluding hydrogens is 192 g/mol. The molecule has 0 bridgehead atoms. The van der Waals surface area contributed by atoms with Gasteiger partial charge < -0.3 is 4.74 Å². The first-order valence-corrected chi connectivity index (χ1v) is 5.22. The van der Waals surface area contributed by atoms with Gasteiger partial charge in [-0.3, -0.25) is 0 Å². The molecule has 1 heterocycles. The van der Waals surface area contributed by atoms with E-state index in [4.69, 9.17) is 4.74 Å². The third-order valence-electron chi connectivity index (χ3n) is 1.96. The number of ether oxygens (including phenoxy) is 1. The number of unbranched alkanes of at least 4 members (excludes halogenated alkanes) is 1. The normalized spacial score (nSPS) is 30.6. The fourth-order valence-electron chi connectivity index (χ4n) is 1.23. The van der Waals surface area contributed by atoms with Gasteiger partial charge in [-0.25, -0.2) is 0 Å². The first kappa shape index (κ1) is 8.54. The van der Waals surface area contributed by atoms with Crippen LogP contribution in [0.15, 0.2) is 0 Å². The van der Waals surface area contributed by atoms with Gasteiger partial charge in [-0.2, -0.15) is 0 Å². The van der Waals surface area contributed by atoms with Crippen molar-refractivity contribution < 1.29 is 4.74 Å². The van der Waals surface area contributed by atoms with Gasteiger partial charge in [0.25, 0.3) is 0 Å². The van der Waals surface area contributed by atoms with E-state index in [9.17, 15) is 0 Å². The SMILES string of the molecule is CCC1O[C@H]1CCCCBr. The van der Waals surface area contributed by atoms with Crippen LogP contribution in [0, 0.1) is 0 Å². The van der Waals surface area contributed by atoms with E-state index in [0.717, 1.165) is 5.33 Å². The Kier molecular flexibility index (Phi) is 3.71. The molecule has 0 aromatic heterocycles. The van der Waals surface area contributed by atoms with Gasteiger partial charge in [-0.1, -0.05) is 22.9 Å². The Morgan fingerprint density at radius 1 is 1.30 bits per heavy atom. The lowest BCUT2D eigenvalue weighted by atomic mass is 10.1. The van der Waals surface area contributed by atoms with Gasteiger partial charge in [0.1, 0.15) is 0 Å². The second-order valence-electron chi connectivity index (χ2n) is 2.81. The molecule has 60 valence electrons. The molecule has 1 unspecified atom stereocenters. The van der Waals surface area contributed by atoms with Crippen LogP contribution >= 0.6 is 15.9 Å². The van der Waals surface area contributed by atoms with E-state index in [1.54, 1.807) is 0 Å². The molecule has 1 aliphatic heterocycles. The summed E-state index contributed by atoms with van der Waals surface area (Å²) in [6.45, 7) is 2.19. The van der Waals surface area contributed by atoms with Gasteiger partial charge in [0, 0.05) is 5.33 Å². The fraction of sp³-hybridized carbons (Fsp3) is 1.00. The van der Waals surface area contributed by atoms with Gasteiger partial charge in [-0.15, -0.1) is 0 Å². The molecular formula is C8H15BrO. The highest BCUT2D eigenvalue weighted by atomic mass is 79.9. The van der Waals surface area contributed by atoms with Gasteiger partial charge in [0.05, 0.1) is 12.2 Å². The van der Waals surface area contributed by atoms with E-state index in [2.05, 4.69) is 22.9 Å². The lowest BCUT2D eigenvalue weighted by Gasteiger charge is -1.91. The van der Waals surface area contributed by atoms with Crippen molar-refractivity contribution in [2.45, 2.75) is 44.8 Å². The van der Waals surface area contributed by atoms with E-state index in [0.29, 0.717) is 12.2 Å². The largest absolute Gasteiger partial charge is 0.370 e. The van der Waals surface area contributed by atoms with Crippen LogP contribution in [-0.4, -0.2) is 17.5 Å². The molecule has 1 nitrogen and oxygen atoms in total. The number of epoxide rings is 1. The summed E-state index contributed by atoms with van der Waals surface area (Å²) in [4.78, 5) is 0. The monoisotopic (exact) mass is 206 g/mol. The molecule has 0 N–H and O–H groups in total. The quantitative estimate of drug-likeness (QED) is 0.383. The van der Waals surface area contributed by atoms with E-state index < -0.39 is 0 Å². The van der Waals surface area contributed by atoms with Crippen molar-refractivity contribution in [3.63, 3.8) is 0 Å². The highest BCUT2D eigenvalue weighted by molar-refractivity contribution is 9.09. The molecule has 0 radical (unpaired) electrons. The minimum absolute atomic E-state index is 0.607.